The molecule has 0 N–H and O–H groups in total. The summed E-state index contributed by atoms with van der Waals surface area (Å²) in [5.74, 6) is 0.395. The molecule has 25 heavy (non-hydrogen) atoms. The Morgan fingerprint density at radius 2 is 1.96 bits per heavy atom. The van der Waals surface area contributed by atoms with Gasteiger partial charge in [-0.25, -0.2) is 0 Å². The summed E-state index contributed by atoms with van der Waals surface area (Å²) in [6.07, 6.45) is 4.26. The molecule has 2 fully saturated rings. The van der Waals surface area contributed by atoms with Gasteiger partial charge in [0.15, 0.2) is 0 Å². The average Bonchev–Trinajstić information content (AvgIpc) is 3.21. The van der Waals surface area contributed by atoms with Crippen molar-refractivity contribution < 1.29 is 14.3 Å². The summed E-state index contributed by atoms with van der Waals surface area (Å²) >= 11 is 6.08. The summed E-state index contributed by atoms with van der Waals surface area (Å²) in [7, 11) is 5.12. The molecule has 1 saturated carbocycles. The Bertz CT molecular complexity index is 683. The molecule has 2 amide bonds. The highest BCUT2D eigenvalue weighted by atomic mass is 35.5. The number of nitrogens with zero attached hydrogens (tertiary/aromatic N) is 2. The molecule has 1 aromatic rings. The number of carbonyl (C=O) groups is 2. The number of hydrogen-bond acceptors (Lipinski definition) is 3. The zero-order chi connectivity index (χ0) is 18.2. The second-order valence-electron chi connectivity index (χ2n) is 7.39. The number of hydrogen-bond donors (Lipinski definition) is 0. The molecule has 136 valence electrons. The highest BCUT2D eigenvalue weighted by Gasteiger charge is 2.52. The molecular weight excluding hydrogens is 340 g/mol. The van der Waals surface area contributed by atoms with Crippen LogP contribution in [0, 0.1) is 11.3 Å². The van der Waals surface area contributed by atoms with E-state index in [0.29, 0.717) is 29.4 Å². The maximum Gasteiger partial charge on any atom is 0.257 e. The number of benzene rings is 1. The Kier molecular flexibility index (Phi) is 4.96. The first-order valence-electron chi connectivity index (χ1n) is 8.72. The van der Waals surface area contributed by atoms with Crippen molar-refractivity contribution in [3.63, 3.8) is 0 Å². The smallest absolute Gasteiger partial charge is 0.257 e. The van der Waals surface area contributed by atoms with E-state index in [4.69, 9.17) is 16.3 Å². The Morgan fingerprint density at radius 1 is 1.28 bits per heavy atom. The van der Waals surface area contributed by atoms with E-state index in [1.807, 2.05) is 4.90 Å². The molecule has 1 aromatic carbocycles. The zero-order valence-corrected chi connectivity index (χ0v) is 15.8. The van der Waals surface area contributed by atoms with Crippen LogP contribution in [0.1, 0.15) is 36.0 Å². The minimum Gasteiger partial charge on any atom is -0.496 e. The molecule has 0 aromatic heterocycles. The maximum atomic E-state index is 13.1. The van der Waals surface area contributed by atoms with Crippen LogP contribution in [0.3, 0.4) is 0 Å². The van der Waals surface area contributed by atoms with Crippen LogP contribution in [0.15, 0.2) is 18.2 Å². The van der Waals surface area contributed by atoms with Gasteiger partial charge in [-0.1, -0.05) is 24.4 Å². The molecule has 1 heterocycles. The first-order chi connectivity index (χ1) is 11.9. The fraction of sp³-hybridized carbons (Fsp3) is 0.579. The molecule has 0 radical (unpaired) electrons. The highest BCUT2D eigenvalue weighted by molar-refractivity contribution is 6.31. The molecule has 0 bridgehead atoms. The van der Waals surface area contributed by atoms with Gasteiger partial charge in [0.25, 0.3) is 5.91 Å². The molecule has 6 heteroatoms. The summed E-state index contributed by atoms with van der Waals surface area (Å²) in [5, 5.41) is 0.500. The Morgan fingerprint density at radius 3 is 2.56 bits per heavy atom. The molecule has 1 atom stereocenters. The van der Waals surface area contributed by atoms with Crippen molar-refractivity contribution in [2.24, 2.45) is 11.3 Å². The minimum atomic E-state index is -0.126. The van der Waals surface area contributed by atoms with Crippen LogP contribution in [-0.4, -0.2) is 55.9 Å². The van der Waals surface area contributed by atoms with Crippen molar-refractivity contribution in [3.05, 3.63) is 28.8 Å². The molecule has 1 aliphatic carbocycles. The predicted octanol–water partition coefficient (Wildman–Crippen LogP) is 3.07. The molecule has 1 aliphatic heterocycles. The van der Waals surface area contributed by atoms with Crippen LogP contribution < -0.4 is 4.74 Å². The van der Waals surface area contributed by atoms with E-state index in [0.717, 1.165) is 25.7 Å². The SMILES string of the molecule is COc1ccc(Cl)cc1C(=O)N1CC(C(=O)N(C)C)C2(CCCC2)C1. The van der Waals surface area contributed by atoms with E-state index < -0.39 is 0 Å². The van der Waals surface area contributed by atoms with Gasteiger partial charge in [0.05, 0.1) is 18.6 Å². The van der Waals surface area contributed by atoms with Gasteiger partial charge in [0.2, 0.25) is 5.91 Å². The minimum absolute atomic E-state index is 0.0805. The third-order valence-corrected chi connectivity index (χ3v) is 5.90. The van der Waals surface area contributed by atoms with E-state index >= 15 is 0 Å². The summed E-state index contributed by atoms with van der Waals surface area (Å²) in [6, 6.07) is 5.06. The van der Waals surface area contributed by atoms with Crippen LogP contribution in [-0.2, 0) is 4.79 Å². The van der Waals surface area contributed by atoms with Gasteiger partial charge in [-0.3, -0.25) is 9.59 Å². The first-order valence-corrected chi connectivity index (χ1v) is 9.10. The topological polar surface area (TPSA) is 49.9 Å². The Hall–Kier alpha value is -1.75. The van der Waals surface area contributed by atoms with Gasteiger partial charge in [-0.15, -0.1) is 0 Å². The van der Waals surface area contributed by atoms with E-state index in [9.17, 15) is 9.59 Å². The summed E-state index contributed by atoms with van der Waals surface area (Å²) in [5.41, 5.74) is 0.379. The Labute approximate surface area is 153 Å². The van der Waals surface area contributed by atoms with Crippen LogP contribution >= 0.6 is 11.6 Å². The lowest BCUT2D eigenvalue weighted by atomic mass is 9.76. The van der Waals surface area contributed by atoms with Crippen molar-refractivity contribution in [2.75, 3.05) is 34.3 Å². The first kappa shape index (κ1) is 18.1. The van der Waals surface area contributed by atoms with E-state index in [1.54, 1.807) is 44.3 Å². The number of amides is 2. The van der Waals surface area contributed by atoms with Crippen LogP contribution in [0.2, 0.25) is 5.02 Å². The van der Waals surface area contributed by atoms with Gasteiger partial charge >= 0.3 is 0 Å². The molecular formula is C19H25ClN2O3. The highest BCUT2D eigenvalue weighted by Crippen LogP contribution is 2.50. The van der Waals surface area contributed by atoms with E-state index in [2.05, 4.69) is 0 Å². The fourth-order valence-electron chi connectivity index (χ4n) is 4.38. The van der Waals surface area contributed by atoms with Crippen LogP contribution in [0.4, 0.5) is 0 Å². The van der Waals surface area contributed by atoms with Gasteiger partial charge < -0.3 is 14.5 Å². The molecule has 5 nitrogen and oxygen atoms in total. The molecule has 1 saturated heterocycles. The Balaban J connectivity index is 1.90. The standard InChI is InChI=1S/C19H25ClN2O3/c1-21(2)18(24)15-11-22(12-19(15)8-4-5-9-19)17(23)14-10-13(20)6-7-16(14)25-3/h6-7,10,15H,4-5,8-9,11-12H2,1-3H3. The summed E-state index contributed by atoms with van der Waals surface area (Å²) in [6.45, 7) is 1.09. The normalized spacial score (nSPS) is 21.6. The van der Waals surface area contributed by atoms with Gasteiger partial charge in [-0.2, -0.15) is 0 Å². The third-order valence-electron chi connectivity index (χ3n) is 5.67. The van der Waals surface area contributed by atoms with E-state index in [-0.39, 0.29) is 23.1 Å². The molecule has 1 spiro atoms. The zero-order valence-electron chi connectivity index (χ0n) is 15.0. The van der Waals surface area contributed by atoms with Crippen LogP contribution in [0.25, 0.3) is 0 Å². The lowest BCUT2D eigenvalue weighted by Crippen LogP contribution is -2.39. The number of ether oxygens (including phenoxy) is 1. The van der Waals surface area contributed by atoms with Crippen molar-refractivity contribution in [1.29, 1.82) is 0 Å². The lowest BCUT2D eigenvalue weighted by Gasteiger charge is -2.30. The summed E-state index contributed by atoms with van der Waals surface area (Å²) < 4.78 is 5.33. The predicted molar refractivity (Wildman–Crippen MR) is 97.0 cm³/mol. The number of rotatable bonds is 3. The number of methoxy groups -OCH3 is 1. The van der Waals surface area contributed by atoms with Crippen molar-refractivity contribution >= 4 is 23.4 Å². The third kappa shape index (κ3) is 3.22. The summed E-state index contributed by atoms with van der Waals surface area (Å²) in [4.78, 5) is 29.3. The second kappa shape index (κ2) is 6.87. The average molecular weight is 365 g/mol. The number of carbonyl (C=O) groups excluding carboxylic acids is 2. The van der Waals surface area contributed by atoms with Crippen molar-refractivity contribution in [3.8, 4) is 5.75 Å². The van der Waals surface area contributed by atoms with Gasteiger partial charge in [0.1, 0.15) is 5.75 Å². The number of likely N-dealkylation sites (tertiary alicyclic amines) is 1. The number of halogens is 1. The largest absolute Gasteiger partial charge is 0.496 e. The van der Waals surface area contributed by atoms with Gasteiger partial charge in [-0.05, 0) is 31.0 Å². The lowest BCUT2D eigenvalue weighted by molar-refractivity contribution is -0.135. The molecule has 1 unspecified atom stereocenters. The van der Waals surface area contributed by atoms with E-state index in [1.165, 1.54) is 0 Å². The quantitative estimate of drug-likeness (QED) is 0.828. The maximum absolute atomic E-state index is 13.1. The van der Waals surface area contributed by atoms with Gasteiger partial charge in [0, 0.05) is 37.6 Å². The monoisotopic (exact) mass is 364 g/mol. The fourth-order valence-corrected chi connectivity index (χ4v) is 4.55. The van der Waals surface area contributed by atoms with Crippen LogP contribution in [0.5, 0.6) is 5.75 Å². The molecule has 3 rings (SSSR count). The second-order valence-corrected chi connectivity index (χ2v) is 7.82. The van der Waals surface area contributed by atoms with Crippen molar-refractivity contribution in [1.82, 2.24) is 9.80 Å². The molecule has 2 aliphatic rings. The van der Waals surface area contributed by atoms with Crippen molar-refractivity contribution in [2.45, 2.75) is 25.7 Å².